The first-order chi connectivity index (χ1) is 4.31. The van der Waals surface area contributed by atoms with Crippen LogP contribution < -0.4 is 0 Å². The van der Waals surface area contributed by atoms with Gasteiger partial charge >= 0.3 is 6.16 Å². The molecule has 0 spiro atoms. The average Bonchev–Trinajstić information content (AvgIpc) is 1.89. The van der Waals surface area contributed by atoms with Gasteiger partial charge in [0.1, 0.15) is 0 Å². The van der Waals surface area contributed by atoms with Crippen LogP contribution in [-0.4, -0.2) is 19.9 Å². The Morgan fingerprint density at radius 3 is 2.89 bits per heavy atom. The highest BCUT2D eigenvalue weighted by atomic mass is 16.7. The lowest BCUT2D eigenvalue weighted by Gasteiger charge is -1.94. The molecule has 0 rings (SSSR count). The third kappa shape index (κ3) is 4.69. The fraction of sp³-hybridized carbons (Fsp3) is 0.333. The minimum atomic E-state index is -0.724. The van der Waals surface area contributed by atoms with E-state index >= 15 is 0 Å². The standard InChI is InChI=1S/C6H7O3/c1-3-4-5-9-6(7)8-2/h1,5H2,2H3. The molecular formula is C6H7O3. The molecule has 0 aromatic carbocycles. The fourth-order valence-electron chi connectivity index (χ4n) is 0.205. The van der Waals surface area contributed by atoms with E-state index < -0.39 is 6.16 Å². The second kappa shape index (κ2) is 4.98. The molecule has 0 amide bonds. The highest BCUT2D eigenvalue weighted by Gasteiger charge is 1.94. The molecule has 0 bridgehead atoms. The van der Waals surface area contributed by atoms with E-state index in [9.17, 15) is 4.79 Å². The smallest absolute Gasteiger partial charge is 0.438 e. The van der Waals surface area contributed by atoms with E-state index in [1.165, 1.54) is 7.11 Å². The molecule has 0 N–H and O–H groups in total. The molecule has 0 atom stereocenters. The van der Waals surface area contributed by atoms with Gasteiger partial charge in [-0.15, -0.1) is 0 Å². The van der Waals surface area contributed by atoms with Crippen molar-refractivity contribution in [2.24, 2.45) is 0 Å². The molecule has 0 saturated carbocycles. The van der Waals surface area contributed by atoms with Crippen molar-refractivity contribution in [3.05, 3.63) is 6.92 Å². The van der Waals surface area contributed by atoms with E-state index in [-0.39, 0.29) is 6.61 Å². The molecule has 0 unspecified atom stereocenters. The molecule has 0 fully saturated rings. The summed E-state index contributed by atoms with van der Waals surface area (Å²) in [5.41, 5.74) is 0. The Morgan fingerprint density at radius 2 is 2.44 bits per heavy atom. The highest BCUT2D eigenvalue weighted by Crippen LogP contribution is 1.78. The summed E-state index contributed by atoms with van der Waals surface area (Å²) in [5.74, 6) is 4.74. The lowest BCUT2D eigenvalue weighted by atomic mass is 10.6. The number of hydrogen-bond donors (Lipinski definition) is 0. The van der Waals surface area contributed by atoms with Gasteiger partial charge in [0, 0.05) is 6.92 Å². The fourth-order valence-corrected chi connectivity index (χ4v) is 0.205. The minimum absolute atomic E-state index is 0.0379. The SMILES string of the molecule is [CH2]C#CCOC(=O)OC. The first-order valence-electron chi connectivity index (χ1n) is 2.27. The lowest BCUT2D eigenvalue weighted by molar-refractivity contribution is 0.0833. The zero-order valence-corrected chi connectivity index (χ0v) is 5.14. The van der Waals surface area contributed by atoms with Crippen LogP contribution in [0.25, 0.3) is 0 Å². The number of methoxy groups -OCH3 is 1. The summed E-state index contributed by atoms with van der Waals surface area (Å²) in [4.78, 5) is 10.2. The van der Waals surface area contributed by atoms with Gasteiger partial charge in [0.15, 0.2) is 6.61 Å². The molecule has 9 heavy (non-hydrogen) atoms. The van der Waals surface area contributed by atoms with Gasteiger partial charge in [0.25, 0.3) is 0 Å². The molecule has 0 aromatic rings. The van der Waals surface area contributed by atoms with Crippen LogP contribution in [0.5, 0.6) is 0 Å². The molecule has 0 aromatic heterocycles. The number of hydrogen-bond acceptors (Lipinski definition) is 3. The molecule has 0 aliphatic rings. The van der Waals surface area contributed by atoms with Crippen LogP contribution in [0.2, 0.25) is 0 Å². The van der Waals surface area contributed by atoms with Crippen molar-refractivity contribution in [3.63, 3.8) is 0 Å². The van der Waals surface area contributed by atoms with Gasteiger partial charge in [-0.25, -0.2) is 4.79 Å². The number of ether oxygens (including phenoxy) is 2. The van der Waals surface area contributed by atoms with Crippen molar-refractivity contribution in [2.45, 2.75) is 0 Å². The summed E-state index contributed by atoms with van der Waals surface area (Å²) in [6.07, 6.45) is -0.724. The van der Waals surface area contributed by atoms with E-state index in [0.29, 0.717) is 0 Å². The maximum Gasteiger partial charge on any atom is 0.508 e. The zero-order valence-electron chi connectivity index (χ0n) is 5.14. The summed E-state index contributed by atoms with van der Waals surface area (Å²) in [6, 6.07) is 0. The number of carbonyl (C=O) groups is 1. The van der Waals surface area contributed by atoms with Gasteiger partial charge in [0.05, 0.1) is 7.11 Å². The minimum Gasteiger partial charge on any atom is -0.438 e. The summed E-state index contributed by atoms with van der Waals surface area (Å²) < 4.78 is 8.50. The average molecular weight is 127 g/mol. The third-order valence-corrected chi connectivity index (χ3v) is 0.554. The largest absolute Gasteiger partial charge is 0.508 e. The molecule has 1 radical (unpaired) electrons. The molecule has 0 saturated heterocycles. The summed E-state index contributed by atoms with van der Waals surface area (Å²) in [5, 5.41) is 0. The Balaban J connectivity index is 3.24. The molecule has 0 heterocycles. The van der Waals surface area contributed by atoms with E-state index in [0.717, 1.165) is 0 Å². The Labute approximate surface area is 54.0 Å². The van der Waals surface area contributed by atoms with Crippen LogP contribution in [0.15, 0.2) is 0 Å². The predicted molar refractivity (Wildman–Crippen MR) is 31.5 cm³/mol. The molecule has 0 aliphatic carbocycles. The lowest BCUT2D eigenvalue weighted by Crippen LogP contribution is -2.03. The summed E-state index contributed by atoms with van der Waals surface area (Å²) >= 11 is 0. The van der Waals surface area contributed by atoms with Crippen LogP contribution in [-0.2, 0) is 9.47 Å². The van der Waals surface area contributed by atoms with E-state index in [4.69, 9.17) is 0 Å². The number of rotatable bonds is 1. The normalized spacial score (nSPS) is 6.89. The Morgan fingerprint density at radius 1 is 1.78 bits per heavy atom. The van der Waals surface area contributed by atoms with Gasteiger partial charge in [0.2, 0.25) is 0 Å². The van der Waals surface area contributed by atoms with Crippen molar-refractivity contribution < 1.29 is 14.3 Å². The summed E-state index contributed by atoms with van der Waals surface area (Å²) in [7, 11) is 1.24. The quantitative estimate of drug-likeness (QED) is 0.382. The van der Waals surface area contributed by atoms with Crippen molar-refractivity contribution in [1.82, 2.24) is 0 Å². The maximum atomic E-state index is 10.2. The topological polar surface area (TPSA) is 35.5 Å². The predicted octanol–water partition coefficient (Wildman–Crippen LogP) is 0.607. The van der Waals surface area contributed by atoms with Gasteiger partial charge in [-0.1, -0.05) is 11.8 Å². The Bertz CT molecular complexity index is 140. The van der Waals surface area contributed by atoms with Crippen LogP contribution in [0.4, 0.5) is 4.79 Å². The van der Waals surface area contributed by atoms with Gasteiger partial charge < -0.3 is 9.47 Å². The maximum absolute atomic E-state index is 10.2. The first kappa shape index (κ1) is 7.83. The van der Waals surface area contributed by atoms with Gasteiger partial charge in [-0.3, -0.25) is 0 Å². The second-order valence-corrected chi connectivity index (χ2v) is 1.10. The van der Waals surface area contributed by atoms with E-state index in [2.05, 4.69) is 28.2 Å². The van der Waals surface area contributed by atoms with Gasteiger partial charge in [-0.2, -0.15) is 0 Å². The van der Waals surface area contributed by atoms with Crippen molar-refractivity contribution >= 4 is 6.16 Å². The van der Waals surface area contributed by atoms with E-state index in [1.54, 1.807) is 0 Å². The zero-order chi connectivity index (χ0) is 7.11. The molecular weight excluding hydrogens is 120 g/mol. The first-order valence-corrected chi connectivity index (χ1v) is 2.27. The number of carbonyl (C=O) groups excluding carboxylic acids is 1. The van der Waals surface area contributed by atoms with E-state index in [1.807, 2.05) is 0 Å². The van der Waals surface area contributed by atoms with Gasteiger partial charge in [-0.05, 0) is 0 Å². The van der Waals surface area contributed by atoms with Crippen LogP contribution in [0.3, 0.4) is 0 Å². The molecule has 3 heteroatoms. The molecule has 0 aliphatic heterocycles. The second-order valence-electron chi connectivity index (χ2n) is 1.10. The third-order valence-electron chi connectivity index (χ3n) is 0.554. The monoisotopic (exact) mass is 127 g/mol. The molecule has 49 valence electrons. The Hall–Kier alpha value is -1.17. The van der Waals surface area contributed by atoms with Crippen LogP contribution >= 0.6 is 0 Å². The molecule has 3 nitrogen and oxygen atoms in total. The van der Waals surface area contributed by atoms with Crippen molar-refractivity contribution in [2.75, 3.05) is 13.7 Å². The van der Waals surface area contributed by atoms with Crippen molar-refractivity contribution in [1.29, 1.82) is 0 Å². The highest BCUT2D eigenvalue weighted by molar-refractivity contribution is 5.59. The van der Waals surface area contributed by atoms with Crippen molar-refractivity contribution in [3.8, 4) is 11.8 Å². The van der Waals surface area contributed by atoms with Crippen LogP contribution in [0.1, 0.15) is 0 Å². The van der Waals surface area contributed by atoms with Crippen LogP contribution in [0, 0.1) is 18.8 Å². The summed E-state index contributed by atoms with van der Waals surface area (Å²) in [6.45, 7) is 3.25. The Kier molecular flexibility index (Phi) is 4.33.